The highest BCUT2D eigenvalue weighted by Crippen LogP contribution is 2.18. The predicted octanol–water partition coefficient (Wildman–Crippen LogP) is 3.33. The molecule has 0 bridgehead atoms. The van der Waals surface area contributed by atoms with Crippen molar-refractivity contribution in [3.63, 3.8) is 0 Å². The van der Waals surface area contributed by atoms with Crippen LogP contribution in [0, 0.1) is 0 Å². The molecule has 0 unspecified atom stereocenters. The summed E-state index contributed by atoms with van der Waals surface area (Å²) in [5.41, 5.74) is 2.49. The molecule has 132 valence electrons. The van der Waals surface area contributed by atoms with Crippen LogP contribution in [-0.4, -0.2) is 28.4 Å². The van der Waals surface area contributed by atoms with Gasteiger partial charge in [-0.3, -0.25) is 9.78 Å². The van der Waals surface area contributed by atoms with E-state index in [0.717, 1.165) is 11.3 Å². The van der Waals surface area contributed by atoms with E-state index in [-0.39, 0.29) is 18.0 Å². The lowest BCUT2D eigenvalue weighted by Crippen LogP contribution is -2.40. The van der Waals surface area contributed by atoms with Gasteiger partial charge in [0.1, 0.15) is 0 Å². The van der Waals surface area contributed by atoms with Crippen molar-refractivity contribution in [2.45, 2.75) is 33.4 Å². The summed E-state index contributed by atoms with van der Waals surface area (Å²) in [7, 11) is 0. The maximum absolute atomic E-state index is 12.5. The number of benzene rings is 1. The number of anilines is 1. The number of amides is 3. The minimum atomic E-state index is -0.181. The van der Waals surface area contributed by atoms with Crippen molar-refractivity contribution in [2.75, 3.05) is 11.9 Å². The molecule has 3 amide bonds. The van der Waals surface area contributed by atoms with Gasteiger partial charge >= 0.3 is 6.03 Å². The molecule has 1 atom stereocenters. The highest BCUT2D eigenvalue weighted by atomic mass is 16.2. The first-order chi connectivity index (χ1) is 12.0. The molecule has 1 heterocycles. The lowest BCUT2D eigenvalue weighted by molar-refractivity contribution is -0.114. The second kappa shape index (κ2) is 8.82. The third-order valence-electron chi connectivity index (χ3n) is 3.79. The molecule has 0 saturated heterocycles. The van der Waals surface area contributed by atoms with Crippen LogP contribution < -0.4 is 10.6 Å². The fourth-order valence-corrected chi connectivity index (χ4v) is 2.46. The molecule has 0 aliphatic rings. The second-order valence-corrected chi connectivity index (χ2v) is 5.81. The lowest BCUT2D eigenvalue weighted by Gasteiger charge is -2.24. The molecule has 25 heavy (non-hydrogen) atoms. The Morgan fingerprint density at radius 1 is 1.20 bits per heavy atom. The van der Waals surface area contributed by atoms with Crippen molar-refractivity contribution in [2.24, 2.45) is 0 Å². The number of nitrogens with zero attached hydrogens (tertiary/aromatic N) is 2. The number of hydrogen-bond donors (Lipinski definition) is 2. The Bertz CT molecular complexity index is 718. The van der Waals surface area contributed by atoms with E-state index in [9.17, 15) is 9.59 Å². The van der Waals surface area contributed by atoms with Gasteiger partial charge in [0.25, 0.3) is 0 Å². The summed E-state index contributed by atoms with van der Waals surface area (Å²) in [5.74, 6) is -0.124. The van der Waals surface area contributed by atoms with Crippen LogP contribution in [-0.2, 0) is 11.3 Å². The summed E-state index contributed by atoms with van der Waals surface area (Å²) in [6, 6.07) is 12.8. The number of hydrogen-bond acceptors (Lipinski definition) is 3. The standard InChI is InChI=1S/C19H24N4O2/c1-4-23(13-18-9-5-6-11-20-18)19(25)21-14(2)16-8-7-10-17(12-16)22-15(3)24/h5-12,14H,4,13H2,1-3H3,(H,21,25)(H,22,24)/t14-/m0/s1. The molecule has 1 aromatic heterocycles. The average molecular weight is 340 g/mol. The molecule has 0 radical (unpaired) electrons. The first-order valence-electron chi connectivity index (χ1n) is 8.32. The quantitative estimate of drug-likeness (QED) is 0.847. The first-order valence-corrected chi connectivity index (χ1v) is 8.32. The lowest BCUT2D eigenvalue weighted by atomic mass is 10.1. The highest BCUT2D eigenvalue weighted by Gasteiger charge is 2.16. The van der Waals surface area contributed by atoms with Crippen LogP contribution in [0.2, 0.25) is 0 Å². The van der Waals surface area contributed by atoms with E-state index >= 15 is 0 Å². The third kappa shape index (κ3) is 5.60. The van der Waals surface area contributed by atoms with Gasteiger partial charge in [-0.25, -0.2) is 4.79 Å². The Balaban J connectivity index is 2.01. The van der Waals surface area contributed by atoms with E-state index in [1.54, 1.807) is 11.1 Å². The van der Waals surface area contributed by atoms with Gasteiger partial charge < -0.3 is 15.5 Å². The van der Waals surface area contributed by atoms with Gasteiger partial charge in [-0.15, -0.1) is 0 Å². The molecule has 2 rings (SSSR count). The number of nitrogens with one attached hydrogen (secondary N) is 2. The molecule has 0 saturated carbocycles. The van der Waals surface area contributed by atoms with Crippen LogP contribution >= 0.6 is 0 Å². The average Bonchev–Trinajstić information content (AvgIpc) is 2.60. The largest absolute Gasteiger partial charge is 0.331 e. The maximum Gasteiger partial charge on any atom is 0.318 e. The maximum atomic E-state index is 12.5. The van der Waals surface area contributed by atoms with Crippen molar-refractivity contribution >= 4 is 17.6 Å². The molecular weight excluding hydrogens is 316 g/mol. The number of rotatable bonds is 6. The van der Waals surface area contributed by atoms with Crippen molar-refractivity contribution in [3.05, 3.63) is 59.9 Å². The zero-order chi connectivity index (χ0) is 18.2. The van der Waals surface area contributed by atoms with Crippen LogP contribution in [0.5, 0.6) is 0 Å². The molecule has 6 nitrogen and oxygen atoms in total. The fourth-order valence-electron chi connectivity index (χ4n) is 2.46. The Labute approximate surface area is 148 Å². The van der Waals surface area contributed by atoms with Crippen molar-refractivity contribution in [3.8, 4) is 0 Å². The van der Waals surface area contributed by atoms with E-state index < -0.39 is 0 Å². The zero-order valence-electron chi connectivity index (χ0n) is 14.8. The Hall–Kier alpha value is -2.89. The molecular formula is C19H24N4O2. The van der Waals surface area contributed by atoms with Gasteiger partial charge in [-0.05, 0) is 43.7 Å². The van der Waals surface area contributed by atoms with Crippen molar-refractivity contribution in [1.29, 1.82) is 0 Å². The normalized spacial score (nSPS) is 11.5. The van der Waals surface area contributed by atoms with E-state index in [4.69, 9.17) is 0 Å². The number of pyridine rings is 1. The molecule has 2 aromatic rings. The summed E-state index contributed by atoms with van der Waals surface area (Å²) in [6.45, 7) is 6.36. The van der Waals surface area contributed by atoms with Crippen LogP contribution in [0.25, 0.3) is 0 Å². The van der Waals surface area contributed by atoms with Crippen LogP contribution in [0.15, 0.2) is 48.7 Å². The van der Waals surface area contributed by atoms with E-state index in [1.165, 1.54) is 6.92 Å². The highest BCUT2D eigenvalue weighted by molar-refractivity contribution is 5.88. The Kier molecular flexibility index (Phi) is 6.51. The first kappa shape index (κ1) is 18.4. The minimum absolute atomic E-state index is 0.124. The van der Waals surface area contributed by atoms with E-state index in [0.29, 0.717) is 18.8 Å². The molecule has 6 heteroatoms. The minimum Gasteiger partial charge on any atom is -0.331 e. The SMILES string of the molecule is CCN(Cc1ccccn1)C(=O)N[C@@H](C)c1cccc(NC(C)=O)c1. The van der Waals surface area contributed by atoms with Crippen LogP contribution in [0.4, 0.5) is 10.5 Å². The molecule has 0 fully saturated rings. The van der Waals surface area contributed by atoms with E-state index in [2.05, 4.69) is 15.6 Å². The zero-order valence-corrected chi connectivity index (χ0v) is 14.8. The second-order valence-electron chi connectivity index (χ2n) is 5.81. The monoisotopic (exact) mass is 340 g/mol. The third-order valence-corrected chi connectivity index (χ3v) is 3.79. The molecule has 2 N–H and O–H groups in total. The summed E-state index contributed by atoms with van der Waals surface area (Å²) in [4.78, 5) is 29.7. The predicted molar refractivity (Wildman–Crippen MR) is 98.0 cm³/mol. The number of carbonyl (C=O) groups excluding carboxylic acids is 2. The van der Waals surface area contributed by atoms with Gasteiger partial charge in [0.15, 0.2) is 0 Å². The van der Waals surface area contributed by atoms with Gasteiger partial charge in [0.05, 0.1) is 18.3 Å². The van der Waals surface area contributed by atoms with Gasteiger partial charge in [0.2, 0.25) is 5.91 Å². The number of urea groups is 1. The van der Waals surface area contributed by atoms with Crippen molar-refractivity contribution < 1.29 is 9.59 Å². The van der Waals surface area contributed by atoms with Crippen LogP contribution in [0.1, 0.15) is 38.1 Å². The van der Waals surface area contributed by atoms with Crippen molar-refractivity contribution in [1.82, 2.24) is 15.2 Å². The van der Waals surface area contributed by atoms with Gasteiger partial charge in [0, 0.05) is 25.4 Å². The number of aromatic nitrogens is 1. The summed E-state index contributed by atoms with van der Waals surface area (Å²) in [5, 5.41) is 5.74. The van der Waals surface area contributed by atoms with Gasteiger partial charge in [-0.2, -0.15) is 0 Å². The number of carbonyl (C=O) groups is 2. The topological polar surface area (TPSA) is 74.3 Å². The molecule has 0 aliphatic heterocycles. The smallest absolute Gasteiger partial charge is 0.318 e. The van der Waals surface area contributed by atoms with E-state index in [1.807, 2.05) is 56.3 Å². The summed E-state index contributed by atoms with van der Waals surface area (Å²) < 4.78 is 0. The Morgan fingerprint density at radius 2 is 2.00 bits per heavy atom. The van der Waals surface area contributed by atoms with Gasteiger partial charge in [-0.1, -0.05) is 18.2 Å². The summed E-state index contributed by atoms with van der Waals surface area (Å²) in [6.07, 6.45) is 1.72. The summed E-state index contributed by atoms with van der Waals surface area (Å²) >= 11 is 0. The fraction of sp³-hybridized carbons (Fsp3) is 0.316. The molecule has 1 aromatic carbocycles. The Morgan fingerprint density at radius 3 is 2.64 bits per heavy atom. The molecule has 0 aliphatic carbocycles. The molecule has 0 spiro atoms. The van der Waals surface area contributed by atoms with Crippen LogP contribution in [0.3, 0.4) is 0 Å².